The Morgan fingerprint density at radius 1 is 0.346 bits per heavy atom. The Hall–Kier alpha value is 1.72. The minimum Gasteiger partial charge on any atom is -0.311 e. The maximum absolute atomic E-state index is 4.80. The van der Waals surface area contributed by atoms with E-state index in [0.29, 0.717) is 48.3 Å². The molecule has 2 saturated heterocycles. The number of hydrogen-bond acceptors (Lipinski definition) is 20. The van der Waals surface area contributed by atoms with Crippen LogP contribution in [0.2, 0.25) is 0 Å². The second-order valence-electron chi connectivity index (χ2n) is 28.1. The third kappa shape index (κ3) is 62.6. The van der Waals surface area contributed by atoms with E-state index in [1.54, 1.807) is 0 Å². The van der Waals surface area contributed by atoms with Crippen molar-refractivity contribution < 1.29 is 52.5 Å². The second-order valence-corrected chi connectivity index (χ2v) is 35.9. The molecule has 2 aromatic rings. The molecule has 107 heavy (non-hydrogen) atoms. The van der Waals surface area contributed by atoms with E-state index in [9.17, 15) is 0 Å². The summed E-state index contributed by atoms with van der Waals surface area (Å²) in [5.41, 5.74) is 4.49. The Balaban J connectivity index is 0.000000694. The molecule has 32 heteroatoms. The maximum atomic E-state index is 4.80. The van der Waals surface area contributed by atoms with E-state index in [4.69, 9.17) is 90.8 Å². The quantitative estimate of drug-likeness (QED) is 0.0478. The van der Waals surface area contributed by atoms with Crippen molar-refractivity contribution >= 4 is 80.8 Å². The molecule has 0 amide bonds. The average molecular weight is 1830 g/mol. The molecule has 0 aromatic carbocycles. The molecule has 1 unspecified atom stereocenters. The van der Waals surface area contributed by atoms with Crippen molar-refractivity contribution in [1.29, 1.82) is 0 Å². The summed E-state index contributed by atoms with van der Waals surface area (Å²) in [5.74, 6) is 0. The summed E-state index contributed by atoms with van der Waals surface area (Å²) < 4.78 is 0. The van der Waals surface area contributed by atoms with Gasteiger partial charge < -0.3 is 95.7 Å². The van der Waals surface area contributed by atoms with E-state index in [1.807, 2.05) is 6.08 Å². The minimum atomic E-state index is 0.00694. The molecule has 0 radical (unpaired) electrons. The summed E-state index contributed by atoms with van der Waals surface area (Å²) in [6.07, 6.45) is 30.8. The van der Waals surface area contributed by atoms with Crippen LogP contribution in [0, 0.1) is 0 Å². The second kappa shape index (κ2) is 81.5. The molecule has 2 aromatic heterocycles. The molecule has 4 fully saturated rings. The Morgan fingerprint density at radius 2 is 0.664 bits per heavy atom. The van der Waals surface area contributed by atoms with Gasteiger partial charge in [0.15, 0.2) is 0 Å². The van der Waals surface area contributed by atoms with E-state index in [0.717, 1.165) is 199 Å². The first-order valence-corrected chi connectivity index (χ1v) is 53.5. The summed E-state index contributed by atoms with van der Waals surface area (Å²) in [4.78, 5) is 9.49. The van der Waals surface area contributed by atoms with Gasteiger partial charge in [-0.05, 0) is 109 Å². The van der Waals surface area contributed by atoms with Crippen LogP contribution in [0.3, 0.4) is 0 Å². The van der Waals surface area contributed by atoms with Crippen molar-refractivity contribution in [2.75, 3.05) is 157 Å². The van der Waals surface area contributed by atoms with Crippen molar-refractivity contribution in [1.82, 2.24) is 106 Å². The van der Waals surface area contributed by atoms with Gasteiger partial charge in [0.05, 0.1) is 22.8 Å². The largest absolute Gasteiger partial charge is 0.311 e. The fourth-order valence-corrected chi connectivity index (χ4v) is 13.8. The topological polar surface area (TPSA) is 242 Å². The fourth-order valence-electron chi connectivity index (χ4n) is 13.8. The number of nitrogens with zero attached hydrogens (tertiary/aromatic N) is 2. The van der Waals surface area contributed by atoms with Crippen LogP contribution in [-0.4, -0.2) is 215 Å². The molecule has 6 aliphatic rings. The summed E-state index contributed by atoms with van der Waals surface area (Å²) in [6, 6.07) is 18.0. The van der Waals surface area contributed by atoms with Gasteiger partial charge in [-0.1, -0.05) is 122 Å². The van der Waals surface area contributed by atoms with Crippen LogP contribution >= 0.6 is 80.8 Å². The number of hydrogen-bond donors (Lipinski definition) is 18. The number of fused-ring (bicyclic) bond motifs is 6. The van der Waals surface area contributed by atoms with Gasteiger partial charge in [-0.25, -0.2) is 0 Å². The molecule has 8 rings (SSSR count). The molecule has 2 saturated carbocycles. The van der Waals surface area contributed by atoms with Crippen LogP contribution < -0.4 is 95.7 Å². The van der Waals surface area contributed by atoms with E-state index in [1.165, 1.54) is 135 Å². The molecule has 0 spiro atoms. The van der Waals surface area contributed by atoms with Crippen molar-refractivity contribution in [3.63, 3.8) is 0 Å². The molecule has 10 atom stereocenters. The van der Waals surface area contributed by atoms with Gasteiger partial charge in [0.1, 0.15) is 0 Å². The van der Waals surface area contributed by atoms with Crippen LogP contribution in [0.1, 0.15) is 211 Å². The summed E-state index contributed by atoms with van der Waals surface area (Å²) in [6.45, 7) is 41.7. The van der Waals surface area contributed by atoms with Crippen molar-refractivity contribution in [3.05, 3.63) is 71.8 Å². The Kier molecular flexibility index (Phi) is 81.3. The number of nitrogens with one attached hydrogen (secondary N) is 18. The van der Waals surface area contributed by atoms with Crippen molar-refractivity contribution in [2.24, 2.45) is 0 Å². The molecular formula is C75H148Cl8Mn4N20. The standard InChI is InChI=1S/C29H61N5.C17H29N5.C16H29N5.C13H29N5.8ClH.4Mn/c1-4-7-10-15-25-22-32-26(16-11-8-5-2)23-33-27(17-12-9-6-3)24-34-29-19-14-13-18-28(29)31-21-20-30-25;1-2-7-17-16(6-1)20-10-8-18-12-14-4-3-5-15(22-14)13-19-9-11-21-17;1-13-15-5-3-6-16(21-15)14(2)20-12-10-18-8-4-7-17-9-11-19-13;1-2-3-13-12-17-9-8-15-5-4-14-6-7-16-10-11-18-13;;;;;;;;;;;;/h25-34H,4-24H2,1-3H3;3-5,16-21H,1-2,6-13H2;3,5-6,13-14,17-20H,4,7-12H2,1-2H3;2,13-18H,1,3-12H2;8*1H;;;;/q;;;;;;;;;;;;4*+2/p-8/t25-,26+,27-,28+,29+;16-,17-;13-,14+;;;;;;;;;;;;;/m01............../s1. The molecule has 2 aliphatic carbocycles. The smallest absolute Gasteiger partial charge is 0.0545 e. The Labute approximate surface area is 710 Å². The molecule has 20 nitrogen and oxygen atoms in total. The molecule has 632 valence electrons. The first-order chi connectivity index (χ1) is 52.5. The third-order valence-corrected chi connectivity index (χ3v) is 19.7. The minimum absolute atomic E-state index is 0.00694. The van der Waals surface area contributed by atoms with Crippen molar-refractivity contribution in [3.8, 4) is 0 Å². The third-order valence-electron chi connectivity index (χ3n) is 19.7. The Bertz CT molecular complexity index is 2120. The SMILES string of the molecule is C=CCC1CNCCNCCNCCNCCN1.CCCCC[C@@H]1CN[C@@H](CCCCC)CN[C@@H]2CCCC[C@H]2NCCN[C@@H](CCCCC)CN1.C[C@@H]1NCCNCCCNCCN[C@H](C)c2cccc1n2.[Cl][Mn][Cl].[Cl][Mn][Cl].[Cl][Mn][Cl].[Cl][Mn][Cl].c1cc2nc(c1)CNCCN[C@@H]1CCCC[C@H]1NCCNC2. The number of pyridine rings is 2. The normalized spacial score (nSPS) is 25.6. The van der Waals surface area contributed by atoms with Crippen LogP contribution in [-0.2, 0) is 65.6 Å². The van der Waals surface area contributed by atoms with E-state index in [2.05, 4.69) is 173 Å². The Morgan fingerprint density at radius 3 is 1.08 bits per heavy atom. The summed E-state index contributed by atoms with van der Waals surface area (Å²) in [7, 11) is 38.4. The van der Waals surface area contributed by atoms with Gasteiger partial charge in [-0.15, -0.1) is 6.58 Å². The van der Waals surface area contributed by atoms with Crippen LogP contribution in [0.25, 0.3) is 0 Å². The predicted octanol–water partition coefficient (Wildman–Crippen LogP) is 11.2. The predicted molar refractivity (Wildman–Crippen MR) is 452 cm³/mol. The van der Waals surface area contributed by atoms with Gasteiger partial charge >= 0.3 is 133 Å². The zero-order valence-corrected chi connectivity index (χ0v) is 76.7. The molecule has 4 bridgehead atoms. The number of aromatic nitrogens is 2. The number of unbranched alkanes of at least 4 members (excludes halogenated alkanes) is 6. The van der Waals surface area contributed by atoms with Gasteiger partial charge in [0.2, 0.25) is 0 Å². The monoisotopic (exact) mass is 1830 g/mol. The number of rotatable bonds is 14. The van der Waals surface area contributed by atoms with Crippen LogP contribution in [0.4, 0.5) is 0 Å². The van der Waals surface area contributed by atoms with Gasteiger partial charge in [-0.2, -0.15) is 0 Å². The summed E-state index contributed by atoms with van der Waals surface area (Å²) in [5, 5.41) is 65.6. The first kappa shape index (κ1) is 107. The first-order valence-electron chi connectivity index (χ1n) is 40.5. The van der Waals surface area contributed by atoms with Gasteiger partial charge in [-0.3, -0.25) is 9.97 Å². The fraction of sp³-hybridized carbons (Fsp3) is 0.840. The maximum Gasteiger partial charge on any atom is 0.0545 e. The average Bonchev–Trinajstić information content (AvgIpc) is 1.25. The zero-order chi connectivity index (χ0) is 77.9. The molecule has 6 heterocycles. The van der Waals surface area contributed by atoms with E-state index >= 15 is 0 Å². The molecule has 18 N–H and O–H groups in total. The van der Waals surface area contributed by atoms with Crippen molar-refractivity contribution in [2.45, 2.75) is 249 Å². The molecular weight excluding hydrogens is 1680 g/mol. The van der Waals surface area contributed by atoms with Gasteiger partial charge in [0, 0.05) is 217 Å². The van der Waals surface area contributed by atoms with Crippen LogP contribution in [0.15, 0.2) is 49.1 Å². The van der Waals surface area contributed by atoms with E-state index in [-0.39, 0.29) is 64.6 Å². The molecule has 4 aliphatic heterocycles. The number of halogens is 8. The van der Waals surface area contributed by atoms with E-state index < -0.39 is 0 Å². The zero-order valence-electron chi connectivity index (χ0n) is 65.9. The van der Waals surface area contributed by atoms with Gasteiger partial charge in [0.25, 0.3) is 0 Å². The summed E-state index contributed by atoms with van der Waals surface area (Å²) >= 11 is 0.0278. The van der Waals surface area contributed by atoms with Crippen LogP contribution in [0.5, 0.6) is 0 Å².